The van der Waals surface area contributed by atoms with Crippen molar-refractivity contribution >= 4 is 84.5 Å². The van der Waals surface area contributed by atoms with Crippen LogP contribution in [0.5, 0.6) is 11.5 Å². The highest BCUT2D eigenvalue weighted by molar-refractivity contribution is 9.13. The van der Waals surface area contributed by atoms with Crippen LogP contribution < -0.4 is 15.5 Å². The van der Waals surface area contributed by atoms with Crippen molar-refractivity contribution in [2.45, 2.75) is 30.4 Å². The van der Waals surface area contributed by atoms with Gasteiger partial charge in [0.05, 0.1) is 45.3 Å². The zero-order valence-corrected chi connectivity index (χ0v) is 30.1. The number of carbonyl (C=O) groups excluding carboxylic acids is 4. The number of nitrogens with one attached hydrogen (secondary N) is 2. The number of phenols is 1. The zero-order valence-electron chi connectivity index (χ0n) is 25.4. The molecule has 3 aromatic rings. The van der Waals surface area contributed by atoms with Crippen LogP contribution in [-0.4, -0.2) is 45.8 Å². The fraction of sp³-hybridized carbons (Fsp3) is 0.303. The third-order valence-corrected chi connectivity index (χ3v) is 12.8. The third kappa shape index (κ3) is 5.06. The van der Waals surface area contributed by atoms with Crippen LogP contribution in [-0.2, 0) is 30.8 Å². The van der Waals surface area contributed by atoms with Gasteiger partial charge < -0.3 is 9.84 Å². The Bertz CT molecular complexity index is 2050. The lowest BCUT2D eigenvalue weighted by atomic mass is 9.49. The summed E-state index contributed by atoms with van der Waals surface area (Å²) in [4.78, 5) is 59.8. The largest absolute Gasteiger partial charge is 0.503 e. The summed E-state index contributed by atoms with van der Waals surface area (Å²) in [6.45, 7) is 0. The van der Waals surface area contributed by atoms with Crippen molar-refractivity contribution in [3.63, 3.8) is 0 Å². The van der Waals surface area contributed by atoms with E-state index in [1.807, 2.05) is 6.08 Å². The second-order valence-electron chi connectivity index (χ2n) is 12.4. The van der Waals surface area contributed by atoms with Gasteiger partial charge in [-0.05, 0) is 86.0 Å². The number of carbonyl (C=O) groups is 4. The van der Waals surface area contributed by atoms with E-state index in [9.17, 15) is 32.7 Å². The lowest BCUT2D eigenvalue weighted by Gasteiger charge is -2.51. The number of aromatic hydroxyl groups is 1. The first-order valence-corrected chi connectivity index (χ1v) is 17.4. The molecule has 6 atom stereocenters. The van der Waals surface area contributed by atoms with Gasteiger partial charge in [-0.2, -0.15) is 18.2 Å². The first-order valence-electron chi connectivity index (χ1n) is 15.0. The molecule has 2 aliphatic carbocycles. The van der Waals surface area contributed by atoms with E-state index in [0.717, 1.165) is 0 Å². The molecule has 260 valence electrons. The van der Waals surface area contributed by atoms with Crippen LogP contribution in [0.25, 0.3) is 0 Å². The van der Waals surface area contributed by atoms with Crippen molar-refractivity contribution in [3.8, 4) is 11.5 Å². The van der Waals surface area contributed by atoms with E-state index in [1.54, 1.807) is 24.3 Å². The topological polar surface area (TPSA) is 138 Å². The molecule has 4 amide bonds. The number of anilines is 1. The lowest BCUT2D eigenvalue weighted by molar-refractivity contribution is -0.139. The second-order valence-corrected chi connectivity index (χ2v) is 14.8. The average Bonchev–Trinajstić information content (AvgIpc) is 3.48. The van der Waals surface area contributed by atoms with Gasteiger partial charge in [-0.25, -0.2) is 4.98 Å². The first kappa shape index (κ1) is 34.8. The molecule has 10 nitrogen and oxygen atoms in total. The molecule has 1 aromatic heterocycles. The van der Waals surface area contributed by atoms with Crippen molar-refractivity contribution in [2.75, 3.05) is 12.5 Å². The number of allylic oxidation sites excluding steroid dienone is 2. The van der Waals surface area contributed by atoms with Crippen molar-refractivity contribution < 1.29 is 42.2 Å². The Labute approximate surface area is 308 Å². The zero-order chi connectivity index (χ0) is 36.0. The minimum atomic E-state index is -4.75. The summed E-state index contributed by atoms with van der Waals surface area (Å²) in [5.74, 6) is -7.52. The molecule has 17 heteroatoms. The molecule has 0 radical (unpaired) electrons. The Morgan fingerprint density at radius 3 is 2.40 bits per heavy atom. The van der Waals surface area contributed by atoms with Gasteiger partial charge in [0, 0.05) is 21.6 Å². The summed E-state index contributed by atoms with van der Waals surface area (Å²) in [6.07, 6.45) is -2.27. The van der Waals surface area contributed by atoms with Gasteiger partial charge in [-0.3, -0.25) is 29.9 Å². The molecule has 50 heavy (non-hydrogen) atoms. The number of benzene rings is 2. The Hall–Kier alpha value is -3.66. The molecule has 3 heterocycles. The number of methoxy groups -OCH3 is 1. The quantitative estimate of drug-likeness (QED) is 0.186. The molecule has 2 aromatic carbocycles. The first-order chi connectivity index (χ1) is 23.6. The van der Waals surface area contributed by atoms with E-state index >= 15 is 4.79 Å². The van der Waals surface area contributed by atoms with E-state index in [0.29, 0.717) is 43.5 Å². The summed E-state index contributed by atoms with van der Waals surface area (Å²) in [6, 6.07) is 8.49. The van der Waals surface area contributed by atoms with Gasteiger partial charge in [0.25, 0.3) is 11.8 Å². The summed E-state index contributed by atoms with van der Waals surface area (Å²) < 4.78 is 46.2. The number of hydrazine groups is 1. The van der Waals surface area contributed by atoms with E-state index in [4.69, 9.17) is 27.9 Å². The molecule has 3 fully saturated rings. The Morgan fingerprint density at radius 2 is 1.76 bits per heavy atom. The molecule has 1 saturated carbocycles. The van der Waals surface area contributed by atoms with Gasteiger partial charge in [0.15, 0.2) is 17.3 Å². The van der Waals surface area contributed by atoms with Crippen LogP contribution in [0.2, 0.25) is 10.0 Å². The van der Waals surface area contributed by atoms with Crippen LogP contribution in [0.15, 0.2) is 63.2 Å². The maximum atomic E-state index is 15.2. The molecule has 7 rings (SSSR count). The number of aromatic nitrogens is 1. The SMILES string of the molecule is COc1cc(C2C3=CCC4C(=O)NC(=O)C4C3CC3C(=O)N(Nc4ncc(C(F)(F)F)cc4Cl)C(=O)C32c2ccc(Cl)cc2)c(Br)c(Br)c1O. The number of hydrogen-bond acceptors (Lipinski definition) is 8. The Morgan fingerprint density at radius 1 is 1.06 bits per heavy atom. The summed E-state index contributed by atoms with van der Waals surface area (Å²) in [5, 5.41) is 13.8. The normalized spacial score (nSPS) is 27.4. The van der Waals surface area contributed by atoms with Crippen molar-refractivity contribution in [1.82, 2.24) is 15.3 Å². The maximum Gasteiger partial charge on any atom is 0.417 e. The Kier molecular flexibility index (Phi) is 8.51. The number of amides is 4. The third-order valence-electron chi connectivity index (χ3n) is 10.1. The monoisotopic (exact) mass is 856 g/mol. The summed E-state index contributed by atoms with van der Waals surface area (Å²) >= 11 is 19.5. The van der Waals surface area contributed by atoms with Crippen LogP contribution in [0.3, 0.4) is 0 Å². The number of halogens is 7. The van der Waals surface area contributed by atoms with Crippen LogP contribution >= 0.6 is 55.1 Å². The highest BCUT2D eigenvalue weighted by Crippen LogP contribution is 2.65. The van der Waals surface area contributed by atoms with Gasteiger partial charge in [0.2, 0.25) is 11.8 Å². The van der Waals surface area contributed by atoms with Crippen molar-refractivity contribution in [3.05, 3.63) is 89.9 Å². The number of phenolic OH excluding ortho intramolecular Hbond substituents is 1. The van der Waals surface area contributed by atoms with Crippen LogP contribution in [0, 0.1) is 23.7 Å². The molecule has 3 N–H and O–H groups in total. The molecule has 0 spiro atoms. The second kappa shape index (κ2) is 12.2. The number of rotatable bonds is 5. The van der Waals surface area contributed by atoms with Gasteiger partial charge >= 0.3 is 6.18 Å². The molecule has 4 aliphatic rings. The fourth-order valence-electron chi connectivity index (χ4n) is 8.02. The number of alkyl halides is 3. The molecular formula is C33H23Br2Cl2F3N4O6. The summed E-state index contributed by atoms with van der Waals surface area (Å²) in [5.41, 5.74) is 1.06. The predicted molar refractivity (Wildman–Crippen MR) is 180 cm³/mol. The van der Waals surface area contributed by atoms with Crippen molar-refractivity contribution in [2.24, 2.45) is 23.7 Å². The standard InChI is InChI=1S/C33H23Br2Cl2F3N4O6/c1-50-21-10-18(24(34)25(35)26(21)45)23-15-6-7-16-22(29(47)42-28(16)46)17(15)9-19-30(48)44(31(49)32(19,23)12-2-4-14(36)5-3-12)43-27-20(37)8-13(11-41-27)33(38,39)40/h2-6,8,10-11,16-17,19,22-23,45H,7,9H2,1H3,(H,41,43)(H,42,46,47). The minimum Gasteiger partial charge on any atom is -0.503 e. The van der Waals surface area contributed by atoms with Gasteiger partial charge in [-0.1, -0.05) is 47.0 Å². The summed E-state index contributed by atoms with van der Waals surface area (Å²) in [7, 11) is 1.34. The maximum absolute atomic E-state index is 15.2. The predicted octanol–water partition coefficient (Wildman–Crippen LogP) is 6.92. The van der Waals surface area contributed by atoms with Crippen molar-refractivity contribution in [1.29, 1.82) is 0 Å². The van der Waals surface area contributed by atoms with Gasteiger partial charge in [-0.15, -0.1) is 0 Å². The molecule has 2 saturated heterocycles. The van der Waals surface area contributed by atoms with Gasteiger partial charge in [0.1, 0.15) is 0 Å². The fourth-order valence-corrected chi connectivity index (χ4v) is 9.31. The minimum absolute atomic E-state index is 0.0376. The number of imide groups is 2. The van der Waals surface area contributed by atoms with E-state index in [2.05, 4.69) is 47.6 Å². The molecule has 0 bridgehead atoms. The Balaban J connectivity index is 1.49. The number of hydrogen-bond donors (Lipinski definition) is 3. The number of nitrogens with zero attached hydrogens (tertiary/aromatic N) is 2. The highest BCUT2D eigenvalue weighted by atomic mass is 79.9. The van der Waals surface area contributed by atoms with E-state index in [-0.39, 0.29) is 34.6 Å². The number of ether oxygens (including phenoxy) is 1. The van der Waals surface area contributed by atoms with Crippen LogP contribution in [0.4, 0.5) is 19.0 Å². The smallest absolute Gasteiger partial charge is 0.417 e. The lowest BCUT2D eigenvalue weighted by Crippen LogP contribution is -2.53. The number of pyridine rings is 1. The molecular weight excluding hydrogens is 836 g/mol. The van der Waals surface area contributed by atoms with E-state index < -0.39 is 75.4 Å². The molecule has 6 unspecified atom stereocenters. The molecule has 2 aliphatic heterocycles. The average molecular weight is 859 g/mol. The van der Waals surface area contributed by atoms with E-state index in [1.165, 1.54) is 13.2 Å². The highest BCUT2D eigenvalue weighted by Gasteiger charge is 2.70. The number of fused-ring (bicyclic) bond motifs is 4. The van der Waals surface area contributed by atoms with Crippen LogP contribution in [0.1, 0.15) is 35.4 Å².